The molecule has 1 unspecified atom stereocenters. The van der Waals surface area contributed by atoms with Crippen molar-refractivity contribution in [1.29, 1.82) is 0 Å². The molecule has 2 saturated heterocycles. The summed E-state index contributed by atoms with van der Waals surface area (Å²) in [5, 5.41) is 0. The summed E-state index contributed by atoms with van der Waals surface area (Å²) in [6.07, 6.45) is 4.95. The molecule has 30 heavy (non-hydrogen) atoms. The molecule has 2 aliphatic rings. The van der Waals surface area contributed by atoms with E-state index in [9.17, 15) is 14.4 Å². The van der Waals surface area contributed by atoms with Gasteiger partial charge in [0.2, 0.25) is 5.91 Å². The van der Waals surface area contributed by atoms with E-state index in [-0.39, 0.29) is 23.8 Å². The molecule has 0 aromatic carbocycles. The van der Waals surface area contributed by atoms with Crippen LogP contribution in [0.5, 0.6) is 0 Å². The van der Waals surface area contributed by atoms with Crippen molar-refractivity contribution >= 4 is 17.7 Å². The van der Waals surface area contributed by atoms with Gasteiger partial charge in [-0.2, -0.15) is 0 Å². The summed E-state index contributed by atoms with van der Waals surface area (Å²) in [5.74, 6) is -0.507. The number of ketones is 1. The second kappa shape index (κ2) is 11.2. The van der Waals surface area contributed by atoms with Gasteiger partial charge in [0.05, 0.1) is 12.1 Å². The smallest absolute Gasteiger partial charge is 0.316 e. The van der Waals surface area contributed by atoms with Crippen LogP contribution in [-0.2, 0) is 19.1 Å². The number of nitrogens with zero attached hydrogens (tertiary/aromatic N) is 3. The van der Waals surface area contributed by atoms with Crippen molar-refractivity contribution in [2.45, 2.75) is 64.8 Å². The molecular weight excluding hydrogens is 382 g/mol. The highest BCUT2D eigenvalue weighted by Gasteiger charge is 2.41. The number of rotatable bonds is 3. The maximum absolute atomic E-state index is 12.6. The fraction of sp³-hybridized carbons (Fsp3) is 0.870. The Balaban J connectivity index is 2.09. The van der Waals surface area contributed by atoms with Crippen LogP contribution in [0.15, 0.2) is 0 Å². The largest absolute Gasteiger partial charge is 0.463 e. The molecule has 2 rings (SSSR count). The lowest BCUT2D eigenvalue weighted by atomic mass is 9.86. The van der Waals surface area contributed by atoms with Crippen LogP contribution in [0.25, 0.3) is 0 Å². The lowest BCUT2D eigenvalue weighted by molar-refractivity contribution is -0.157. The van der Waals surface area contributed by atoms with Crippen LogP contribution >= 0.6 is 0 Å². The number of hydrogen-bond donors (Lipinski definition) is 0. The van der Waals surface area contributed by atoms with Gasteiger partial charge in [-0.25, -0.2) is 0 Å². The van der Waals surface area contributed by atoms with Gasteiger partial charge in [-0.3, -0.25) is 24.2 Å². The second-order valence-electron chi connectivity index (χ2n) is 9.44. The summed E-state index contributed by atoms with van der Waals surface area (Å²) in [5.41, 5.74) is -0.275. The van der Waals surface area contributed by atoms with E-state index in [0.717, 1.165) is 45.2 Å². The lowest BCUT2D eigenvalue weighted by Gasteiger charge is -2.47. The highest BCUT2D eigenvalue weighted by atomic mass is 16.5. The quantitative estimate of drug-likeness (QED) is 0.512. The highest BCUT2D eigenvalue weighted by Crippen LogP contribution is 2.30. The Labute approximate surface area is 182 Å². The predicted molar refractivity (Wildman–Crippen MR) is 117 cm³/mol. The fourth-order valence-corrected chi connectivity index (χ4v) is 4.38. The molecule has 2 heterocycles. The van der Waals surface area contributed by atoms with Crippen molar-refractivity contribution in [2.75, 3.05) is 53.4 Å². The van der Waals surface area contributed by atoms with Crippen LogP contribution < -0.4 is 0 Å². The highest BCUT2D eigenvalue weighted by molar-refractivity contribution is 5.98. The summed E-state index contributed by atoms with van der Waals surface area (Å²) in [4.78, 5) is 43.8. The van der Waals surface area contributed by atoms with E-state index < -0.39 is 11.9 Å². The third-order valence-electron chi connectivity index (χ3n) is 7.20. The zero-order chi connectivity index (χ0) is 22.3. The second-order valence-corrected chi connectivity index (χ2v) is 9.44. The molecule has 1 spiro atoms. The first-order valence-corrected chi connectivity index (χ1v) is 11.6. The Hall–Kier alpha value is -1.47. The molecule has 1 amide bonds. The van der Waals surface area contributed by atoms with Gasteiger partial charge in [-0.1, -0.05) is 13.8 Å². The van der Waals surface area contributed by atoms with E-state index in [1.807, 2.05) is 23.8 Å². The Bertz CT molecular complexity index is 601. The molecule has 2 aliphatic heterocycles. The number of ether oxygens (including phenoxy) is 1. The number of carbonyl (C=O) groups is 3. The minimum atomic E-state index is -0.702. The van der Waals surface area contributed by atoms with Gasteiger partial charge in [-0.05, 0) is 72.1 Å². The molecule has 7 nitrogen and oxygen atoms in total. The van der Waals surface area contributed by atoms with Crippen molar-refractivity contribution in [3.8, 4) is 0 Å². The van der Waals surface area contributed by atoms with Crippen molar-refractivity contribution in [1.82, 2.24) is 14.7 Å². The van der Waals surface area contributed by atoms with E-state index in [4.69, 9.17) is 4.74 Å². The van der Waals surface area contributed by atoms with Gasteiger partial charge in [-0.15, -0.1) is 0 Å². The van der Waals surface area contributed by atoms with Gasteiger partial charge in [0.1, 0.15) is 18.3 Å². The maximum atomic E-state index is 12.6. The Kier molecular flexibility index (Phi) is 9.29. The minimum absolute atomic E-state index is 0.0195. The summed E-state index contributed by atoms with van der Waals surface area (Å²) < 4.78 is 5.69. The molecule has 0 radical (unpaired) electrons. The van der Waals surface area contributed by atoms with Crippen molar-refractivity contribution in [3.05, 3.63) is 0 Å². The number of likely N-dealkylation sites (tertiary alicyclic amines) is 1. The predicted octanol–water partition coefficient (Wildman–Crippen LogP) is 2.19. The Morgan fingerprint density at radius 1 is 1.17 bits per heavy atom. The normalized spacial score (nSPS) is 27.3. The van der Waals surface area contributed by atoms with E-state index >= 15 is 0 Å². The van der Waals surface area contributed by atoms with Crippen LogP contribution in [0.4, 0.5) is 0 Å². The number of cyclic esters (lactones) is 1. The van der Waals surface area contributed by atoms with Crippen molar-refractivity contribution in [2.24, 2.45) is 11.8 Å². The molecule has 0 bridgehead atoms. The van der Waals surface area contributed by atoms with Gasteiger partial charge in [0.15, 0.2) is 0 Å². The molecule has 2 fully saturated rings. The third-order valence-corrected chi connectivity index (χ3v) is 7.20. The van der Waals surface area contributed by atoms with E-state index in [1.54, 1.807) is 6.92 Å². The van der Waals surface area contributed by atoms with Gasteiger partial charge in [0.25, 0.3) is 0 Å². The fourth-order valence-electron chi connectivity index (χ4n) is 4.38. The minimum Gasteiger partial charge on any atom is -0.463 e. The number of likely N-dealkylation sites (N-methyl/N-ethyl adjacent to an activating group) is 2. The standard InChI is InChI=1S/C23H41N3O4/c1-6-24(4)16-21(28)26-14-11-23(12-15-26)17-30-22(29)19(3)20(27)10-9-18(2)8-7-13-25(23)5/h18-19H,6-17H2,1-5H3/t18-,19?/m0/s1. The Morgan fingerprint density at radius 3 is 2.47 bits per heavy atom. The van der Waals surface area contributed by atoms with E-state index in [2.05, 4.69) is 18.9 Å². The molecule has 0 saturated carbocycles. The topological polar surface area (TPSA) is 70.2 Å². The van der Waals surface area contributed by atoms with Crippen LogP contribution in [0.2, 0.25) is 0 Å². The van der Waals surface area contributed by atoms with Crippen molar-refractivity contribution in [3.63, 3.8) is 0 Å². The molecule has 172 valence electrons. The first-order valence-electron chi connectivity index (χ1n) is 11.6. The van der Waals surface area contributed by atoms with E-state index in [0.29, 0.717) is 32.0 Å². The number of esters is 1. The third kappa shape index (κ3) is 6.51. The maximum Gasteiger partial charge on any atom is 0.316 e. The number of Topliss-reactive ketones (excluding diaryl/α,β-unsaturated/α-hetero) is 1. The molecule has 0 aromatic rings. The van der Waals surface area contributed by atoms with E-state index in [1.165, 1.54) is 0 Å². The molecular formula is C23H41N3O4. The van der Waals surface area contributed by atoms with Gasteiger partial charge < -0.3 is 9.64 Å². The molecule has 0 aliphatic carbocycles. The molecule has 7 heteroatoms. The lowest BCUT2D eigenvalue weighted by Crippen LogP contribution is -2.58. The monoisotopic (exact) mass is 423 g/mol. The summed E-state index contributed by atoms with van der Waals surface area (Å²) >= 11 is 0. The van der Waals surface area contributed by atoms with Crippen LogP contribution in [0, 0.1) is 11.8 Å². The number of amides is 1. The number of hydrogen-bond acceptors (Lipinski definition) is 6. The molecule has 2 atom stereocenters. The van der Waals surface area contributed by atoms with Crippen molar-refractivity contribution < 1.29 is 19.1 Å². The summed E-state index contributed by atoms with van der Waals surface area (Å²) in [6.45, 7) is 9.72. The number of carbonyl (C=O) groups excluding carboxylic acids is 3. The average molecular weight is 424 g/mol. The molecule has 0 N–H and O–H groups in total. The number of piperidine rings is 1. The summed E-state index contributed by atoms with van der Waals surface area (Å²) in [7, 11) is 4.06. The first-order chi connectivity index (χ1) is 14.2. The van der Waals surface area contributed by atoms with Crippen LogP contribution in [0.3, 0.4) is 0 Å². The summed E-state index contributed by atoms with van der Waals surface area (Å²) in [6, 6.07) is 0. The zero-order valence-electron chi connectivity index (χ0n) is 19.6. The SMILES string of the molecule is CCN(C)CC(=O)N1CCC2(CC1)COC(=O)C(C)C(=O)CC[C@@H](C)CCCN2C. The van der Waals surface area contributed by atoms with Gasteiger partial charge >= 0.3 is 5.97 Å². The van der Waals surface area contributed by atoms with Crippen LogP contribution in [-0.4, -0.2) is 91.3 Å². The Morgan fingerprint density at radius 2 is 1.83 bits per heavy atom. The average Bonchev–Trinajstić information content (AvgIpc) is 2.74. The molecule has 0 aromatic heterocycles. The first kappa shape index (κ1) is 24.8. The van der Waals surface area contributed by atoms with Crippen LogP contribution in [0.1, 0.15) is 59.3 Å². The van der Waals surface area contributed by atoms with Gasteiger partial charge in [0, 0.05) is 19.5 Å². The zero-order valence-corrected chi connectivity index (χ0v) is 19.6.